The maximum atomic E-state index is 2.57. The first-order valence-electron chi connectivity index (χ1n) is 15.1. The lowest BCUT2D eigenvalue weighted by molar-refractivity contribution is -0.404. The predicted molar refractivity (Wildman–Crippen MR) is 169 cm³/mol. The van der Waals surface area contributed by atoms with Gasteiger partial charge in [-0.3, -0.25) is 0 Å². The van der Waals surface area contributed by atoms with Crippen molar-refractivity contribution in [2.24, 2.45) is 0 Å². The Morgan fingerprint density at radius 3 is 2.00 bits per heavy atom. The third-order valence-corrected chi connectivity index (χ3v) is 10.1. The van der Waals surface area contributed by atoms with E-state index in [1.165, 1.54) is 83.4 Å². The molecule has 4 aromatic carbocycles. The van der Waals surface area contributed by atoms with Crippen LogP contribution in [0.1, 0.15) is 83.8 Å². The number of nitrogens with zero attached hydrogens (tertiary/aromatic N) is 2. The molecule has 2 aliphatic heterocycles. The molecule has 0 amide bonds. The zero-order chi connectivity index (χ0) is 27.4. The molecule has 6 rings (SSSR count). The van der Waals surface area contributed by atoms with Crippen molar-refractivity contribution >= 4 is 38.6 Å². The number of hydrogen-bond donors (Lipinski definition) is 0. The average molecular weight is 518 g/mol. The van der Waals surface area contributed by atoms with E-state index in [4.69, 9.17) is 0 Å². The smallest absolute Gasteiger partial charge is 0.209 e. The normalized spacial score (nSPS) is 19.2. The van der Waals surface area contributed by atoms with Crippen molar-refractivity contribution in [3.05, 3.63) is 83.9 Å². The average Bonchev–Trinajstić information content (AvgIpc) is 3.25. The highest BCUT2D eigenvalue weighted by Crippen LogP contribution is 2.49. The van der Waals surface area contributed by atoms with Crippen LogP contribution in [0, 0.1) is 0 Å². The highest BCUT2D eigenvalue weighted by atomic mass is 15.2. The van der Waals surface area contributed by atoms with Gasteiger partial charge in [-0.05, 0) is 65.9 Å². The first-order chi connectivity index (χ1) is 18.7. The molecule has 0 spiro atoms. The van der Waals surface area contributed by atoms with Crippen LogP contribution in [0.4, 0.5) is 11.4 Å². The van der Waals surface area contributed by atoms with E-state index < -0.39 is 0 Å². The van der Waals surface area contributed by atoms with Crippen LogP contribution in [0.2, 0.25) is 0 Å². The molecule has 2 heterocycles. The molecule has 0 aromatic heterocycles. The number of unbranched alkanes of at least 4 members (excludes halogenated alkanes) is 4. The number of benzene rings is 4. The quantitative estimate of drug-likeness (QED) is 0.167. The minimum Gasteiger partial charge on any atom is -0.370 e. The molecule has 2 heteroatoms. The van der Waals surface area contributed by atoms with E-state index in [1.54, 1.807) is 11.3 Å². The molecule has 0 radical (unpaired) electrons. The van der Waals surface area contributed by atoms with Crippen LogP contribution in [-0.4, -0.2) is 30.4 Å². The second-order valence-electron chi connectivity index (χ2n) is 13.1. The summed E-state index contributed by atoms with van der Waals surface area (Å²) in [4.78, 5) is 2.57. The second kappa shape index (κ2) is 9.81. The fraction of sp³-hybridized carbons (Fsp3) is 0.432. The van der Waals surface area contributed by atoms with E-state index in [1.807, 2.05) is 0 Å². The molecule has 0 N–H and O–H groups in total. The molecule has 0 saturated carbocycles. The summed E-state index contributed by atoms with van der Waals surface area (Å²) < 4.78 is 2.49. The number of rotatable bonds is 8. The van der Waals surface area contributed by atoms with Crippen LogP contribution < -0.4 is 4.90 Å². The maximum absolute atomic E-state index is 2.57. The molecule has 39 heavy (non-hydrogen) atoms. The highest BCUT2D eigenvalue weighted by Gasteiger charge is 2.45. The maximum Gasteiger partial charge on any atom is 0.209 e. The van der Waals surface area contributed by atoms with E-state index in [-0.39, 0.29) is 10.8 Å². The van der Waals surface area contributed by atoms with Gasteiger partial charge in [0.05, 0.1) is 5.41 Å². The van der Waals surface area contributed by atoms with E-state index >= 15 is 0 Å². The molecular formula is C37H45N2+. The second-order valence-corrected chi connectivity index (χ2v) is 13.1. The summed E-state index contributed by atoms with van der Waals surface area (Å²) in [6.07, 6.45) is 9.02. The first-order valence-corrected chi connectivity index (χ1v) is 15.1. The Morgan fingerprint density at radius 1 is 0.692 bits per heavy atom. The van der Waals surface area contributed by atoms with Crippen LogP contribution in [0.5, 0.6) is 0 Å². The van der Waals surface area contributed by atoms with E-state index in [9.17, 15) is 0 Å². The molecule has 4 aromatic rings. The van der Waals surface area contributed by atoms with Gasteiger partial charge < -0.3 is 4.90 Å². The Bertz CT molecular complexity index is 1570. The number of anilines is 1. The Labute approximate surface area is 235 Å². The van der Waals surface area contributed by atoms with Gasteiger partial charge in [-0.25, -0.2) is 4.58 Å². The van der Waals surface area contributed by atoms with E-state index in [0.717, 1.165) is 0 Å². The summed E-state index contributed by atoms with van der Waals surface area (Å²) in [5.41, 5.74) is 7.71. The van der Waals surface area contributed by atoms with Crippen molar-refractivity contribution < 1.29 is 4.58 Å². The summed E-state index contributed by atoms with van der Waals surface area (Å²) in [6, 6.07) is 27.6. The topological polar surface area (TPSA) is 6.25 Å². The van der Waals surface area contributed by atoms with E-state index in [2.05, 4.69) is 124 Å². The van der Waals surface area contributed by atoms with Gasteiger partial charge in [0.25, 0.3) is 0 Å². The molecule has 1 unspecified atom stereocenters. The van der Waals surface area contributed by atoms with Gasteiger partial charge in [0.15, 0.2) is 5.71 Å². The molecule has 0 aliphatic carbocycles. The van der Waals surface area contributed by atoms with Crippen molar-refractivity contribution in [3.8, 4) is 0 Å². The number of hydrogen-bond acceptors (Lipinski definition) is 1. The zero-order valence-corrected chi connectivity index (χ0v) is 24.8. The number of fused-ring (bicyclic) bond motifs is 6. The van der Waals surface area contributed by atoms with Gasteiger partial charge in [-0.15, -0.1) is 0 Å². The molecule has 0 bridgehead atoms. The molecule has 0 saturated heterocycles. The molecule has 1 atom stereocenters. The van der Waals surface area contributed by atoms with Gasteiger partial charge in [0.1, 0.15) is 7.05 Å². The van der Waals surface area contributed by atoms with Gasteiger partial charge in [-0.2, -0.15) is 0 Å². The fourth-order valence-electron chi connectivity index (χ4n) is 8.15. The third-order valence-electron chi connectivity index (χ3n) is 10.1. The van der Waals surface area contributed by atoms with Gasteiger partial charge >= 0.3 is 0 Å². The highest BCUT2D eigenvalue weighted by molar-refractivity contribution is 6.02. The standard InChI is InChI=1S/C37H45N2/c1-36(2)32(38(5)30-24-22-26-16-12-14-18-28(26)34(30)36)20-10-8-7-9-11-21-33-37(3,4)35-29-19-15-13-17-27(29)23-25-31(35)39(33)6/h12-19,22-25,32H,7-11,20-21H2,1-6H3/q+1. The largest absolute Gasteiger partial charge is 0.370 e. The summed E-state index contributed by atoms with van der Waals surface area (Å²) in [6.45, 7) is 9.78. The lowest BCUT2D eigenvalue weighted by Crippen LogP contribution is -2.39. The van der Waals surface area contributed by atoms with Crippen molar-refractivity contribution in [3.63, 3.8) is 0 Å². The predicted octanol–water partition coefficient (Wildman–Crippen LogP) is 9.53. The molecule has 2 nitrogen and oxygen atoms in total. The SMILES string of the molecule is CN1c2ccc3ccccc3c2C(C)(C)C1CCCCCCCC1=[N+](C)c2ccc3ccccc3c2C1(C)C. The Balaban J connectivity index is 1.03. The summed E-state index contributed by atoms with van der Waals surface area (Å²) in [5, 5.41) is 5.56. The Kier molecular flexibility index (Phi) is 6.57. The van der Waals surface area contributed by atoms with Gasteiger partial charge in [-0.1, -0.05) is 94.1 Å². The first kappa shape index (κ1) is 26.1. The molecule has 0 fully saturated rings. The number of likely N-dealkylation sites (N-methyl/N-ethyl adjacent to an activating group) is 1. The Morgan fingerprint density at radius 2 is 1.28 bits per heavy atom. The molecular weight excluding hydrogens is 472 g/mol. The van der Waals surface area contributed by atoms with Crippen LogP contribution in [0.15, 0.2) is 72.8 Å². The summed E-state index contributed by atoms with van der Waals surface area (Å²) in [5.74, 6) is 0. The zero-order valence-electron chi connectivity index (χ0n) is 24.8. The molecule has 2 aliphatic rings. The van der Waals surface area contributed by atoms with Crippen molar-refractivity contribution in [1.29, 1.82) is 0 Å². The van der Waals surface area contributed by atoms with Crippen molar-refractivity contribution in [2.75, 3.05) is 19.0 Å². The van der Waals surface area contributed by atoms with Crippen LogP contribution in [-0.2, 0) is 10.8 Å². The summed E-state index contributed by atoms with van der Waals surface area (Å²) in [7, 11) is 4.59. The van der Waals surface area contributed by atoms with Crippen molar-refractivity contribution in [2.45, 2.75) is 89.5 Å². The van der Waals surface area contributed by atoms with E-state index in [0.29, 0.717) is 6.04 Å². The minimum atomic E-state index is 0.0861. The van der Waals surface area contributed by atoms with Gasteiger partial charge in [0, 0.05) is 42.2 Å². The van der Waals surface area contributed by atoms with Crippen LogP contribution in [0.3, 0.4) is 0 Å². The monoisotopic (exact) mass is 517 g/mol. The van der Waals surface area contributed by atoms with Crippen molar-refractivity contribution in [1.82, 2.24) is 0 Å². The Hall–Kier alpha value is -3.13. The molecule has 202 valence electrons. The summed E-state index contributed by atoms with van der Waals surface area (Å²) >= 11 is 0. The van der Waals surface area contributed by atoms with Gasteiger partial charge in [0.2, 0.25) is 5.69 Å². The van der Waals surface area contributed by atoms with Crippen LogP contribution >= 0.6 is 0 Å². The fourth-order valence-corrected chi connectivity index (χ4v) is 8.15. The lowest BCUT2D eigenvalue weighted by atomic mass is 9.76. The minimum absolute atomic E-state index is 0.0861. The van der Waals surface area contributed by atoms with Crippen LogP contribution in [0.25, 0.3) is 21.5 Å². The third kappa shape index (κ3) is 4.19. The lowest BCUT2D eigenvalue weighted by Gasteiger charge is -2.32.